The molecule has 0 radical (unpaired) electrons. The number of hydrogen-bond acceptors (Lipinski definition) is 2. The molecule has 18 heavy (non-hydrogen) atoms. The van der Waals surface area contributed by atoms with Gasteiger partial charge in [0.05, 0.1) is 12.7 Å². The van der Waals surface area contributed by atoms with Gasteiger partial charge in [0.2, 0.25) is 0 Å². The zero-order valence-corrected chi connectivity index (χ0v) is 11.0. The minimum absolute atomic E-state index is 0.242. The number of rotatable bonds is 4. The van der Waals surface area contributed by atoms with Gasteiger partial charge < -0.3 is 9.64 Å². The molecule has 1 aliphatic carbocycles. The molecule has 2 aromatic carbocycles. The summed E-state index contributed by atoms with van der Waals surface area (Å²) in [7, 11) is 4.15. The van der Waals surface area contributed by atoms with Gasteiger partial charge in [-0.25, -0.2) is 0 Å². The Kier molecular flexibility index (Phi) is 3.06. The lowest BCUT2D eigenvalue weighted by molar-refractivity contribution is 0.0476. The van der Waals surface area contributed by atoms with E-state index in [-0.39, 0.29) is 6.10 Å². The second kappa shape index (κ2) is 4.71. The van der Waals surface area contributed by atoms with Crippen molar-refractivity contribution in [3.05, 3.63) is 47.5 Å². The Bertz CT molecular complexity index is 557. The van der Waals surface area contributed by atoms with E-state index >= 15 is 0 Å². The second-order valence-corrected chi connectivity index (χ2v) is 5.23. The van der Waals surface area contributed by atoms with Gasteiger partial charge in [0.25, 0.3) is 0 Å². The van der Waals surface area contributed by atoms with E-state index in [1.807, 2.05) is 0 Å². The van der Waals surface area contributed by atoms with Crippen LogP contribution in [0, 0.1) is 0 Å². The van der Waals surface area contributed by atoms with Crippen LogP contribution in [-0.2, 0) is 11.2 Å². The van der Waals surface area contributed by atoms with Crippen molar-refractivity contribution in [3.63, 3.8) is 0 Å². The fourth-order valence-electron chi connectivity index (χ4n) is 2.72. The molecule has 0 aromatic heterocycles. The molecule has 3 rings (SSSR count). The Labute approximate surface area is 108 Å². The van der Waals surface area contributed by atoms with E-state index in [2.05, 4.69) is 55.4 Å². The standard InChI is InChI=1S/C16H19NO/c1-17(2)9-10-18-15-11-13-7-3-5-12-6-4-8-14(15)16(12)13/h3-8,15H,9-11H2,1-2H3. The molecule has 0 saturated carbocycles. The van der Waals surface area contributed by atoms with Crippen LogP contribution in [0.4, 0.5) is 0 Å². The highest BCUT2D eigenvalue weighted by Crippen LogP contribution is 2.38. The maximum absolute atomic E-state index is 6.04. The van der Waals surface area contributed by atoms with Crippen LogP contribution in [0.2, 0.25) is 0 Å². The van der Waals surface area contributed by atoms with Crippen molar-refractivity contribution in [2.75, 3.05) is 27.2 Å². The third kappa shape index (κ3) is 2.02. The number of hydrogen-bond donors (Lipinski definition) is 0. The SMILES string of the molecule is CN(C)CCOC1Cc2cccc3cccc1c23. The summed E-state index contributed by atoms with van der Waals surface area (Å²) in [4.78, 5) is 2.16. The molecule has 0 heterocycles. The highest BCUT2D eigenvalue weighted by molar-refractivity contribution is 5.91. The highest BCUT2D eigenvalue weighted by Gasteiger charge is 2.24. The molecular weight excluding hydrogens is 222 g/mol. The predicted octanol–water partition coefficient (Wildman–Crippen LogP) is 3.02. The first-order valence-electron chi connectivity index (χ1n) is 6.52. The molecule has 94 valence electrons. The first-order valence-corrected chi connectivity index (χ1v) is 6.52. The lowest BCUT2D eigenvalue weighted by atomic mass is 10.1. The van der Waals surface area contributed by atoms with Crippen LogP contribution in [0.15, 0.2) is 36.4 Å². The first-order chi connectivity index (χ1) is 8.75. The molecule has 0 bridgehead atoms. The molecule has 0 spiro atoms. The van der Waals surface area contributed by atoms with Crippen molar-refractivity contribution in [3.8, 4) is 0 Å². The van der Waals surface area contributed by atoms with Crippen LogP contribution in [0.25, 0.3) is 10.8 Å². The van der Waals surface area contributed by atoms with E-state index in [4.69, 9.17) is 4.74 Å². The summed E-state index contributed by atoms with van der Waals surface area (Å²) in [5.74, 6) is 0. The Morgan fingerprint density at radius 2 is 1.94 bits per heavy atom. The largest absolute Gasteiger partial charge is 0.372 e. The Morgan fingerprint density at radius 3 is 2.72 bits per heavy atom. The quantitative estimate of drug-likeness (QED) is 0.816. The van der Waals surface area contributed by atoms with E-state index in [1.54, 1.807) is 0 Å². The molecule has 0 N–H and O–H groups in total. The molecule has 1 unspecified atom stereocenters. The lowest BCUT2D eigenvalue weighted by Gasteiger charge is -2.15. The zero-order chi connectivity index (χ0) is 12.5. The maximum Gasteiger partial charge on any atom is 0.0872 e. The number of ether oxygens (including phenoxy) is 1. The summed E-state index contributed by atoms with van der Waals surface area (Å²) < 4.78 is 6.04. The van der Waals surface area contributed by atoms with Gasteiger partial charge in [-0.2, -0.15) is 0 Å². The summed E-state index contributed by atoms with van der Waals surface area (Å²) in [5, 5.41) is 2.75. The molecule has 1 atom stereocenters. The van der Waals surface area contributed by atoms with Gasteiger partial charge in [-0.1, -0.05) is 36.4 Å². The smallest absolute Gasteiger partial charge is 0.0872 e. The predicted molar refractivity (Wildman–Crippen MR) is 74.9 cm³/mol. The molecular formula is C16H19NO. The lowest BCUT2D eigenvalue weighted by Crippen LogP contribution is -2.19. The average molecular weight is 241 g/mol. The third-order valence-corrected chi connectivity index (χ3v) is 3.63. The summed E-state index contributed by atoms with van der Waals surface area (Å²) in [6.45, 7) is 1.77. The van der Waals surface area contributed by atoms with Crippen LogP contribution in [0.3, 0.4) is 0 Å². The molecule has 2 nitrogen and oxygen atoms in total. The fourth-order valence-corrected chi connectivity index (χ4v) is 2.72. The first kappa shape index (κ1) is 11.7. The number of likely N-dealkylation sites (N-methyl/N-ethyl adjacent to an activating group) is 1. The van der Waals surface area contributed by atoms with E-state index < -0.39 is 0 Å². The highest BCUT2D eigenvalue weighted by atomic mass is 16.5. The van der Waals surface area contributed by atoms with Gasteiger partial charge in [0, 0.05) is 13.0 Å². The monoisotopic (exact) mass is 241 g/mol. The van der Waals surface area contributed by atoms with Crippen LogP contribution >= 0.6 is 0 Å². The molecule has 2 aromatic rings. The third-order valence-electron chi connectivity index (χ3n) is 3.63. The van der Waals surface area contributed by atoms with Crippen molar-refractivity contribution < 1.29 is 4.74 Å². The van der Waals surface area contributed by atoms with Gasteiger partial charge >= 0.3 is 0 Å². The zero-order valence-electron chi connectivity index (χ0n) is 11.0. The normalized spacial score (nSPS) is 17.8. The van der Waals surface area contributed by atoms with Crippen LogP contribution in [0.1, 0.15) is 17.2 Å². The molecule has 0 aliphatic heterocycles. The van der Waals surface area contributed by atoms with E-state index in [1.165, 1.54) is 21.9 Å². The molecule has 0 amide bonds. The minimum atomic E-state index is 0.242. The van der Waals surface area contributed by atoms with Gasteiger partial charge in [-0.15, -0.1) is 0 Å². The van der Waals surface area contributed by atoms with Crippen LogP contribution in [-0.4, -0.2) is 32.1 Å². The van der Waals surface area contributed by atoms with Crippen molar-refractivity contribution >= 4 is 10.8 Å². The summed E-state index contributed by atoms with van der Waals surface area (Å²) in [6.07, 6.45) is 1.26. The van der Waals surface area contributed by atoms with Gasteiger partial charge in [-0.05, 0) is 36.0 Å². The van der Waals surface area contributed by atoms with Crippen LogP contribution in [0.5, 0.6) is 0 Å². The van der Waals surface area contributed by atoms with Gasteiger partial charge in [0.1, 0.15) is 0 Å². The summed E-state index contributed by atoms with van der Waals surface area (Å²) in [6, 6.07) is 13.1. The molecule has 0 saturated heterocycles. The second-order valence-electron chi connectivity index (χ2n) is 5.23. The van der Waals surface area contributed by atoms with Gasteiger partial charge in [0.15, 0.2) is 0 Å². The maximum atomic E-state index is 6.04. The Balaban J connectivity index is 1.85. The average Bonchev–Trinajstić information content (AvgIpc) is 2.70. The number of benzene rings is 2. The topological polar surface area (TPSA) is 12.5 Å². The van der Waals surface area contributed by atoms with Crippen molar-refractivity contribution in [2.24, 2.45) is 0 Å². The summed E-state index contributed by atoms with van der Waals surface area (Å²) in [5.41, 5.74) is 2.79. The molecule has 0 fully saturated rings. The van der Waals surface area contributed by atoms with Crippen LogP contribution < -0.4 is 0 Å². The van der Waals surface area contributed by atoms with Gasteiger partial charge in [-0.3, -0.25) is 0 Å². The van der Waals surface area contributed by atoms with E-state index in [0.29, 0.717) is 0 Å². The number of nitrogens with zero attached hydrogens (tertiary/aromatic N) is 1. The van der Waals surface area contributed by atoms with Crippen molar-refractivity contribution in [1.82, 2.24) is 4.90 Å². The minimum Gasteiger partial charge on any atom is -0.372 e. The van der Waals surface area contributed by atoms with Crippen molar-refractivity contribution in [1.29, 1.82) is 0 Å². The van der Waals surface area contributed by atoms with Crippen molar-refractivity contribution in [2.45, 2.75) is 12.5 Å². The Hall–Kier alpha value is -1.38. The molecule has 1 aliphatic rings. The summed E-state index contributed by atoms with van der Waals surface area (Å²) >= 11 is 0. The van der Waals surface area contributed by atoms with E-state index in [0.717, 1.165) is 19.6 Å². The molecule has 2 heteroatoms. The fraction of sp³-hybridized carbons (Fsp3) is 0.375. The van der Waals surface area contributed by atoms with E-state index in [9.17, 15) is 0 Å². The Morgan fingerprint density at radius 1 is 1.17 bits per heavy atom.